The molecule has 3 rings (SSSR count). The number of Topliss-reactive ketones (excluding diaryl/α,β-unsaturated/α-hetero) is 1. The molecule has 0 saturated carbocycles. The van der Waals surface area contributed by atoms with E-state index in [0.29, 0.717) is 16.9 Å². The fourth-order valence-electron chi connectivity index (χ4n) is 3.17. The number of hydrazine groups is 1. The SMILES string of the molecule is CCc1ccc(C(=O)CCC(=O)NNC(=O)COc2ccc(-c3ccc(C#N)cc3)cc2)cc1. The van der Waals surface area contributed by atoms with Crippen molar-refractivity contribution in [2.75, 3.05) is 6.61 Å². The predicted molar refractivity (Wildman–Crippen MR) is 128 cm³/mol. The van der Waals surface area contributed by atoms with Crippen LogP contribution in [0.4, 0.5) is 0 Å². The van der Waals surface area contributed by atoms with Crippen LogP contribution in [0.15, 0.2) is 72.8 Å². The summed E-state index contributed by atoms with van der Waals surface area (Å²) in [6.07, 6.45) is 0.909. The number of nitrogens with one attached hydrogen (secondary N) is 2. The highest BCUT2D eigenvalue weighted by molar-refractivity contribution is 5.98. The molecule has 0 bridgehead atoms. The van der Waals surface area contributed by atoms with E-state index >= 15 is 0 Å². The molecule has 0 heterocycles. The van der Waals surface area contributed by atoms with Crippen LogP contribution >= 0.6 is 0 Å². The summed E-state index contributed by atoms with van der Waals surface area (Å²) in [4.78, 5) is 36.1. The third kappa shape index (κ3) is 7.04. The van der Waals surface area contributed by atoms with Crippen molar-refractivity contribution >= 4 is 17.6 Å². The number of hydrogen-bond acceptors (Lipinski definition) is 5. The zero-order valence-electron chi connectivity index (χ0n) is 18.8. The number of amides is 2. The summed E-state index contributed by atoms with van der Waals surface area (Å²) in [6, 6.07) is 23.8. The van der Waals surface area contributed by atoms with Crippen LogP contribution in [0, 0.1) is 11.3 Å². The highest BCUT2D eigenvalue weighted by Gasteiger charge is 2.11. The Morgan fingerprint density at radius 3 is 1.97 bits per heavy atom. The van der Waals surface area contributed by atoms with Crippen LogP contribution in [0.2, 0.25) is 0 Å². The van der Waals surface area contributed by atoms with Crippen molar-refractivity contribution in [3.8, 4) is 22.9 Å². The summed E-state index contributed by atoms with van der Waals surface area (Å²) in [7, 11) is 0. The van der Waals surface area contributed by atoms with Crippen LogP contribution in [0.1, 0.15) is 41.3 Å². The van der Waals surface area contributed by atoms with Gasteiger partial charge in [-0.2, -0.15) is 5.26 Å². The molecule has 2 amide bonds. The second-order valence-electron chi connectivity index (χ2n) is 7.57. The molecule has 172 valence electrons. The highest BCUT2D eigenvalue weighted by atomic mass is 16.5. The van der Waals surface area contributed by atoms with Gasteiger partial charge in [0.15, 0.2) is 12.4 Å². The third-order valence-corrected chi connectivity index (χ3v) is 5.18. The first-order valence-corrected chi connectivity index (χ1v) is 10.9. The predicted octanol–water partition coefficient (Wildman–Crippen LogP) is 3.98. The van der Waals surface area contributed by atoms with E-state index in [2.05, 4.69) is 16.9 Å². The van der Waals surface area contributed by atoms with Gasteiger partial charge in [0.1, 0.15) is 5.75 Å². The minimum atomic E-state index is -0.522. The maximum atomic E-state index is 12.2. The molecule has 7 nitrogen and oxygen atoms in total. The Morgan fingerprint density at radius 2 is 1.38 bits per heavy atom. The molecule has 3 aromatic rings. The van der Waals surface area contributed by atoms with Gasteiger partial charge in [-0.25, -0.2) is 0 Å². The number of rotatable bonds is 9. The molecule has 0 radical (unpaired) electrons. The van der Waals surface area contributed by atoms with Crippen LogP contribution in [0.5, 0.6) is 5.75 Å². The first-order valence-electron chi connectivity index (χ1n) is 10.9. The Balaban J connectivity index is 1.37. The lowest BCUT2D eigenvalue weighted by atomic mass is 10.0. The summed E-state index contributed by atoms with van der Waals surface area (Å²) in [5.74, 6) is -0.611. The second-order valence-corrected chi connectivity index (χ2v) is 7.57. The number of carbonyl (C=O) groups is 3. The molecule has 0 aliphatic heterocycles. The van der Waals surface area contributed by atoms with Crippen molar-refractivity contribution in [3.63, 3.8) is 0 Å². The molecule has 0 fully saturated rings. The van der Waals surface area contributed by atoms with Crippen LogP contribution in [0.3, 0.4) is 0 Å². The van der Waals surface area contributed by atoms with Gasteiger partial charge < -0.3 is 4.74 Å². The van der Waals surface area contributed by atoms with E-state index in [9.17, 15) is 14.4 Å². The molecule has 3 aromatic carbocycles. The summed E-state index contributed by atoms with van der Waals surface area (Å²) < 4.78 is 5.44. The van der Waals surface area contributed by atoms with Gasteiger partial charge in [-0.15, -0.1) is 0 Å². The normalized spacial score (nSPS) is 10.1. The smallest absolute Gasteiger partial charge is 0.276 e. The third-order valence-electron chi connectivity index (χ3n) is 5.18. The number of carbonyl (C=O) groups excluding carboxylic acids is 3. The molecule has 0 saturated heterocycles. The van der Waals surface area contributed by atoms with Gasteiger partial charge in [0.2, 0.25) is 5.91 Å². The molecule has 0 spiro atoms. The molecular formula is C27H25N3O4. The molecule has 0 aromatic heterocycles. The van der Waals surface area contributed by atoms with E-state index in [1.807, 2.05) is 43.3 Å². The van der Waals surface area contributed by atoms with Crippen LogP contribution in [0.25, 0.3) is 11.1 Å². The molecule has 0 unspecified atom stereocenters. The summed E-state index contributed by atoms with van der Waals surface area (Å²) in [5, 5.41) is 8.88. The Labute approximate surface area is 198 Å². The van der Waals surface area contributed by atoms with Crippen molar-refractivity contribution in [1.29, 1.82) is 5.26 Å². The first kappa shape index (κ1) is 24.2. The highest BCUT2D eigenvalue weighted by Crippen LogP contribution is 2.22. The number of ketones is 1. The summed E-state index contributed by atoms with van der Waals surface area (Å²) >= 11 is 0. The van der Waals surface area contributed by atoms with E-state index in [4.69, 9.17) is 10.00 Å². The van der Waals surface area contributed by atoms with Gasteiger partial charge in [-0.05, 0) is 47.4 Å². The van der Waals surface area contributed by atoms with E-state index < -0.39 is 11.8 Å². The standard InChI is InChI=1S/C27H25N3O4/c1-2-19-3-9-23(10-4-19)25(31)15-16-26(32)29-30-27(33)18-34-24-13-11-22(12-14-24)21-7-5-20(17-28)6-8-21/h3-14H,2,15-16,18H2,1H3,(H,29,32)(H,30,33). The molecule has 0 aliphatic carbocycles. The molecule has 2 N–H and O–H groups in total. The maximum absolute atomic E-state index is 12.2. The van der Waals surface area contributed by atoms with Crippen molar-refractivity contribution in [1.82, 2.24) is 10.9 Å². The van der Waals surface area contributed by atoms with Crippen molar-refractivity contribution in [2.24, 2.45) is 0 Å². The number of aryl methyl sites for hydroxylation is 1. The van der Waals surface area contributed by atoms with E-state index in [1.54, 1.807) is 36.4 Å². The topological polar surface area (TPSA) is 108 Å². The summed E-state index contributed by atoms with van der Waals surface area (Å²) in [6.45, 7) is 1.76. The first-order chi connectivity index (χ1) is 16.5. The van der Waals surface area contributed by atoms with Gasteiger partial charge in [0.25, 0.3) is 5.91 Å². The number of benzene rings is 3. The summed E-state index contributed by atoms with van der Waals surface area (Å²) in [5.41, 5.74) is 8.77. The number of hydrogen-bond donors (Lipinski definition) is 2. The molecule has 34 heavy (non-hydrogen) atoms. The fourth-order valence-corrected chi connectivity index (χ4v) is 3.17. The van der Waals surface area contributed by atoms with Crippen LogP contribution in [-0.2, 0) is 16.0 Å². The maximum Gasteiger partial charge on any atom is 0.276 e. The minimum absolute atomic E-state index is 0.0354. The lowest BCUT2D eigenvalue weighted by Gasteiger charge is -2.09. The molecule has 0 atom stereocenters. The van der Waals surface area contributed by atoms with Gasteiger partial charge in [-0.3, -0.25) is 25.2 Å². The Bertz CT molecular complexity index is 1180. The average molecular weight is 456 g/mol. The monoisotopic (exact) mass is 455 g/mol. The zero-order chi connectivity index (χ0) is 24.3. The van der Waals surface area contributed by atoms with Crippen LogP contribution in [-0.4, -0.2) is 24.2 Å². The van der Waals surface area contributed by atoms with E-state index in [1.165, 1.54) is 0 Å². The molecule has 0 aliphatic rings. The minimum Gasteiger partial charge on any atom is -0.484 e. The fraction of sp³-hybridized carbons (Fsp3) is 0.185. The van der Waals surface area contributed by atoms with Crippen molar-refractivity contribution in [3.05, 3.63) is 89.5 Å². The lowest BCUT2D eigenvalue weighted by Crippen LogP contribution is -2.43. The lowest BCUT2D eigenvalue weighted by molar-refractivity contribution is -0.130. The average Bonchev–Trinajstić information content (AvgIpc) is 2.89. The Morgan fingerprint density at radius 1 is 0.794 bits per heavy atom. The van der Waals surface area contributed by atoms with Gasteiger partial charge >= 0.3 is 0 Å². The van der Waals surface area contributed by atoms with E-state index in [-0.39, 0.29) is 25.2 Å². The Hall–Kier alpha value is -4.44. The number of ether oxygens (including phenoxy) is 1. The largest absolute Gasteiger partial charge is 0.484 e. The van der Waals surface area contributed by atoms with Gasteiger partial charge in [0, 0.05) is 18.4 Å². The van der Waals surface area contributed by atoms with Crippen molar-refractivity contribution < 1.29 is 19.1 Å². The Kier molecular flexibility index (Phi) is 8.53. The molecular weight excluding hydrogens is 430 g/mol. The quantitative estimate of drug-likeness (QED) is 0.375. The van der Waals surface area contributed by atoms with Crippen LogP contribution < -0.4 is 15.6 Å². The van der Waals surface area contributed by atoms with Gasteiger partial charge in [-0.1, -0.05) is 55.5 Å². The van der Waals surface area contributed by atoms with Gasteiger partial charge in [0.05, 0.1) is 11.6 Å². The second kappa shape index (κ2) is 12.0. The number of nitriles is 1. The number of nitrogens with zero attached hydrogens (tertiary/aromatic N) is 1. The van der Waals surface area contributed by atoms with Crippen molar-refractivity contribution in [2.45, 2.75) is 26.2 Å². The van der Waals surface area contributed by atoms with E-state index in [0.717, 1.165) is 23.1 Å². The zero-order valence-corrected chi connectivity index (χ0v) is 18.8. The molecule has 7 heteroatoms.